The van der Waals surface area contributed by atoms with Crippen LogP contribution < -0.4 is 10.2 Å². The highest BCUT2D eigenvalue weighted by molar-refractivity contribution is 9.09. The van der Waals surface area contributed by atoms with Crippen molar-refractivity contribution in [1.29, 1.82) is 0 Å². The molecule has 2 nitrogen and oxygen atoms in total. The molecular formula is C17H23BrN2. The zero-order valence-electron chi connectivity index (χ0n) is 11.8. The number of halogens is 1. The molecule has 0 radical (unpaired) electrons. The van der Waals surface area contributed by atoms with Gasteiger partial charge in [-0.3, -0.25) is 5.32 Å². The number of nitrogens with one attached hydrogen (secondary N) is 1. The van der Waals surface area contributed by atoms with Gasteiger partial charge in [0, 0.05) is 16.6 Å². The van der Waals surface area contributed by atoms with Crippen molar-refractivity contribution in [1.82, 2.24) is 5.32 Å². The first-order valence-electron chi connectivity index (χ1n) is 8.07. The van der Waals surface area contributed by atoms with Gasteiger partial charge >= 0.3 is 0 Å². The van der Waals surface area contributed by atoms with E-state index in [1.165, 1.54) is 44.3 Å². The maximum atomic E-state index is 4.00. The number of rotatable bonds is 1. The molecule has 0 bridgehead atoms. The summed E-state index contributed by atoms with van der Waals surface area (Å²) in [6.45, 7) is 1.18. The predicted octanol–water partition coefficient (Wildman–Crippen LogP) is 3.76. The molecule has 5 unspecified atom stereocenters. The lowest BCUT2D eigenvalue weighted by atomic mass is 9.76. The predicted molar refractivity (Wildman–Crippen MR) is 87.3 cm³/mol. The van der Waals surface area contributed by atoms with E-state index in [0.29, 0.717) is 17.0 Å². The van der Waals surface area contributed by atoms with Gasteiger partial charge in [-0.05, 0) is 56.2 Å². The molecule has 5 atom stereocenters. The molecule has 2 heterocycles. The van der Waals surface area contributed by atoms with Crippen LogP contribution >= 0.6 is 15.9 Å². The van der Waals surface area contributed by atoms with Crippen molar-refractivity contribution in [2.24, 2.45) is 11.8 Å². The number of piperidine rings is 1. The van der Waals surface area contributed by atoms with Crippen molar-refractivity contribution < 1.29 is 0 Å². The van der Waals surface area contributed by atoms with Gasteiger partial charge in [0.15, 0.2) is 0 Å². The molecule has 1 N–H and O–H groups in total. The number of hydrogen-bond acceptors (Lipinski definition) is 2. The minimum absolute atomic E-state index is 0.555. The lowest BCUT2D eigenvalue weighted by Gasteiger charge is -2.39. The summed E-state index contributed by atoms with van der Waals surface area (Å²) in [6.07, 6.45) is 7.44. The Morgan fingerprint density at radius 2 is 1.80 bits per heavy atom. The summed E-state index contributed by atoms with van der Waals surface area (Å²) in [7, 11) is 0. The molecule has 4 rings (SSSR count). The topological polar surface area (TPSA) is 15.3 Å². The fourth-order valence-electron chi connectivity index (χ4n) is 4.77. The van der Waals surface area contributed by atoms with Crippen LogP contribution in [0.3, 0.4) is 0 Å². The summed E-state index contributed by atoms with van der Waals surface area (Å²) in [4.78, 5) is 3.35. The molecule has 1 aliphatic carbocycles. The molecule has 1 aromatic carbocycles. The van der Waals surface area contributed by atoms with Crippen LogP contribution in [0, 0.1) is 11.8 Å². The summed E-state index contributed by atoms with van der Waals surface area (Å²) in [6, 6.07) is 11.7. The smallest absolute Gasteiger partial charge is 0.0831 e. The molecule has 1 aromatic rings. The van der Waals surface area contributed by atoms with Crippen LogP contribution in [0.15, 0.2) is 30.3 Å². The fraction of sp³-hybridized carbons (Fsp3) is 0.647. The number of para-hydroxylation sites is 1. The molecular weight excluding hydrogens is 312 g/mol. The van der Waals surface area contributed by atoms with Gasteiger partial charge < -0.3 is 4.90 Å². The molecule has 108 valence electrons. The molecule has 20 heavy (non-hydrogen) atoms. The van der Waals surface area contributed by atoms with Gasteiger partial charge in [0.05, 0.1) is 6.17 Å². The van der Waals surface area contributed by atoms with Crippen molar-refractivity contribution in [3.8, 4) is 0 Å². The van der Waals surface area contributed by atoms with E-state index >= 15 is 0 Å². The van der Waals surface area contributed by atoms with Gasteiger partial charge in [0.25, 0.3) is 0 Å². The third-order valence-corrected chi connectivity index (χ3v) is 6.52. The maximum Gasteiger partial charge on any atom is 0.0831 e. The number of fused-ring (bicyclic) bond motifs is 3. The van der Waals surface area contributed by atoms with Gasteiger partial charge in [-0.2, -0.15) is 0 Å². The van der Waals surface area contributed by atoms with Crippen molar-refractivity contribution in [3.63, 3.8) is 0 Å². The minimum atomic E-state index is 0.555. The lowest BCUT2D eigenvalue weighted by molar-refractivity contribution is 0.227. The quantitative estimate of drug-likeness (QED) is 0.786. The summed E-state index contributed by atoms with van der Waals surface area (Å²) in [5.41, 5.74) is 1.40. The molecule has 3 heteroatoms. The lowest BCUT2D eigenvalue weighted by Crippen LogP contribution is -2.51. The molecule has 0 spiro atoms. The molecule has 0 amide bonds. The Morgan fingerprint density at radius 3 is 2.65 bits per heavy atom. The Hall–Kier alpha value is -0.540. The maximum absolute atomic E-state index is 4.00. The first-order valence-corrected chi connectivity index (χ1v) is 8.98. The van der Waals surface area contributed by atoms with Crippen molar-refractivity contribution in [3.05, 3.63) is 30.3 Å². The second-order valence-corrected chi connectivity index (χ2v) is 7.73. The van der Waals surface area contributed by atoms with Gasteiger partial charge in [0.1, 0.15) is 0 Å². The standard InChI is InChI=1S/C17H23BrN2/c18-15-10-4-8-13-14-9-5-11-19-17(14)20(16(13)15)12-6-2-1-3-7-12/h1-3,6-7,13-17,19H,4-5,8-11H2. The molecule has 3 fully saturated rings. The van der Waals surface area contributed by atoms with E-state index in [-0.39, 0.29) is 0 Å². The summed E-state index contributed by atoms with van der Waals surface area (Å²) in [5, 5.41) is 3.81. The van der Waals surface area contributed by atoms with E-state index in [1.54, 1.807) is 0 Å². The molecule has 0 aromatic heterocycles. The van der Waals surface area contributed by atoms with Crippen LogP contribution in [0.2, 0.25) is 0 Å². The normalized spacial score (nSPS) is 40.2. The molecule has 3 aliphatic rings. The Balaban J connectivity index is 1.74. The Morgan fingerprint density at radius 1 is 1.00 bits per heavy atom. The van der Waals surface area contributed by atoms with Crippen LogP contribution in [0.1, 0.15) is 32.1 Å². The zero-order valence-corrected chi connectivity index (χ0v) is 13.4. The molecule has 2 saturated heterocycles. The van der Waals surface area contributed by atoms with E-state index in [4.69, 9.17) is 0 Å². The third-order valence-electron chi connectivity index (χ3n) is 5.53. The Labute approximate surface area is 130 Å². The highest BCUT2D eigenvalue weighted by Gasteiger charge is 2.52. The highest BCUT2D eigenvalue weighted by atomic mass is 79.9. The van der Waals surface area contributed by atoms with Gasteiger partial charge in [0.2, 0.25) is 0 Å². The van der Waals surface area contributed by atoms with E-state index in [1.807, 2.05) is 0 Å². The second kappa shape index (κ2) is 5.34. The van der Waals surface area contributed by atoms with Crippen molar-refractivity contribution in [2.45, 2.75) is 49.1 Å². The highest BCUT2D eigenvalue weighted by Crippen LogP contribution is 2.49. The van der Waals surface area contributed by atoms with Crippen LogP contribution in [0.5, 0.6) is 0 Å². The Bertz CT molecular complexity index is 463. The van der Waals surface area contributed by atoms with Crippen molar-refractivity contribution in [2.75, 3.05) is 11.4 Å². The van der Waals surface area contributed by atoms with Crippen LogP contribution in [0.4, 0.5) is 5.69 Å². The monoisotopic (exact) mass is 334 g/mol. The largest absolute Gasteiger partial charge is 0.351 e. The summed E-state index contributed by atoms with van der Waals surface area (Å²) >= 11 is 4.00. The number of benzene rings is 1. The van der Waals surface area contributed by atoms with Gasteiger partial charge in [-0.25, -0.2) is 0 Å². The van der Waals surface area contributed by atoms with Gasteiger partial charge in [-0.15, -0.1) is 0 Å². The van der Waals surface area contributed by atoms with E-state index < -0.39 is 0 Å². The number of hydrogen-bond donors (Lipinski definition) is 1. The molecule has 2 aliphatic heterocycles. The van der Waals surface area contributed by atoms with Crippen molar-refractivity contribution >= 4 is 21.6 Å². The minimum Gasteiger partial charge on any atom is -0.351 e. The average Bonchev–Trinajstić information content (AvgIpc) is 2.84. The van der Waals surface area contributed by atoms with Crippen LogP contribution in [0.25, 0.3) is 0 Å². The summed E-state index contributed by atoms with van der Waals surface area (Å²) in [5.74, 6) is 1.71. The fourth-order valence-corrected chi connectivity index (χ4v) is 5.74. The second-order valence-electron chi connectivity index (χ2n) is 6.55. The van der Waals surface area contributed by atoms with Gasteiger partial charge in [-0.1, -0.05) is 40.5 Å². The number of alkyl halides is 1. The Kier molecular flexibility index (Phi) is 3.51. The summed E-state index contributed by atoms with van der Waals surface area (Å²) < 4.78 is 0. The zero-order chi connectivity index (χ0) is 13.5. The van der Waals surface area contributed by atoms with Crippen LogP contribution in [-0.4, -0.2) is 23.6 Å². The first kappa shape index (κ1) is 13.1. The third kappa shape index (κ3) is 2.01. The van der Waals surface area contributed by atoms with E-state index in [9.17, 15) is 0 Å². The van der Waals surface area contributed by atoms with Crippen LogP contribution in [-0.2, 0) is 0 Å². The average molecular weight is 335 g/mol. The molecule has 1 saturated carbocycles. The number of nitrogens with zero attached hydrogens (tertiary/aromatic N) is 1. The SMILES string of the molecule is BrC1CCCC2C3CCCNC3N(c3ccccc3)C12. The van der Waals surface area contributed by atoms with E-state index in [0.717, 1.165) is 11.8 Å². The first-order chi connectivity index (χ1) is 9.86. The van der Waals surface area contributed by atoms with E-state index in [2.05, 4.69) is 56.5 Å². The number of anilines is 1.